The Bertz CT molecular complexity index is 264. The molecule has 0 spiro atoms. The average molecular weight is 273 g/mol. The van der Waals surface area contributed by atoms with Crippen LogP contribution in [0.15, 0.2) is 0 Å². The smallest absolute Gasteiger partial charge is 0.292 e. The highest BCUT2D eigenvalue weighted by molar-refractivity contribution is 6.83. The van der Waals surface area contributed by atoms with Crippen LogP contribution < -0.4 is 0 Å². The number of carbonyl (C=O) groups excluding carboxylic acids is 1. The predicted octanol–water partition coefficient (Wildman–Crippen LogP) is 5.29. The summed E-state index contributed by atoms with van der Waals surface area (Å²) in [6.45, 7) is 21.9. The standard InChI is InChI=1S/C15H32O2Si/c1-11-12(16)17-18(13(2,3)4,14(5,6)7)15(8,9)10/h11H2,1-10H3. The first-order valence-corrected chi connectivity index (χ1v) is 8.83. The molecule has 0 heterocycles. The van der Waals surface area contributed by atoms with Crippen molar-refractivity contribution in [3.8, 4) is 0 Å². The van der Waals surface area contributed by atoms with E-state index in [1.165, 1.54) is 0 Å². The summed E-state index contributed by atoms with van der Waals surface area (Å²) in [5.74, 6) is -0.0542. The van der Waals surface area contributed by atoms with Gasteiger partial charge in [-0.3, -0.25) is 4.79 Å². The first kappa shape index (κ1) is 17.7. The van der Waals surface area contributed by atoms with Gasteiger partial charge in [0.1, 0.15) is 0 Å². The summed E-state index contributed by atoms with van der Waals surface area (Å²) >= 11 is 0. The molecule has 0 aromatic heterocycles. The molecule has 3 heteroatoms. The van der Waals surface area contributed by atoms with Crippen molar-refractivity contribution in [3.05, 3.63) is 0 Å². The quantitative estimate of drug-likeness (QED) is 0.639. The van der Waals surface area contributed by atoms with Gasteiger partial charge >= 0.3 is 0 Å². The Balaban J connectivity index is 6.00. The Labute approximate surface area is 115 Å². The van der Waals surface area contributed by atoms with Crippen LogP contribution in [-0.2, 0) is 9.22 Å². The van der Waals surface area contributed by atoms with E-state index in [4.69, 9.17) is 4.43 Å². The van der Waals surface area contributed by atoms with Crippen LogP contribution >= 0.6 is 0 Å². The zero-order valence-corrected chi connectivity index (χ0v) is 15.0. The molecule has 0 aliphatic rings. The largest absolute Gasteiger partial charge is 0.517 e. The summed E-state index contributed by atoms with van der Waals surface area (Å²) in [5, 5.41) is 0.0248. The first-order valence-electron chi connectivity index (χ1n) is 6.92. The van der Waals surface area contributed by atoms with Crippen molar-refractivity contribution in [1.82, 2.24) is 0 Å². The van der Waals surface area contributed by atoms with Crippen LogP contribution in [0.1, 0.15) is 75.7 Å². The third kappa shape index (κ3) is 2.98. The van der Waals surface area contributed by atoms with Crippen molar-refractivity contribution >= 4 is 14.3 Å². The molecule has 0 aliphatic carbocycles. The fourth-order valence-corrected chi connectivity index (χ4v) is 12.2. The van der Waals surface area contributed by atoms with Gasteiger partial charge in [0, 0.05) is 6.42 Å². The normalized spacial score (nSPS) is 14.6. The zero-order valence-electron chi connectivity index (χ0n) is 14.0. The van der Waals surface area contributed by atoms with Crippen LogP contribution in [0.2, 0.25) is 15.1 Å². The monoisotopic (exact) mass is 272 g/mol. The minimum absolute atomic E-state index is 0.00826. The highest BCUT2D eigenvalue weighted by atomic mass is 28.4. The van der Waals surface area contributed by atoms with E-state index in [2.05, 4.69) is 62.3 Å². The molecule has 0 unspecified atom stereocenters. The molecule has 0 atom stereocenters. The number of hydrogen-bond acceptors (Lipinski definition) is 2. The van der Waals surface area contributed by atoms with E-state index in [-0.39, 0.29) is 21.1 Å². The Hall–Kier alpha value is -0.313. The topological polar surface area (TPSA) is 26.3 Å². The van der Waals surface area contributed by atoms with Crippen molar-refractivity contribution in [2.24, 2.45) is 0 Å². The fourth-order valence-electron chi connectivity index (χ4n) is 4.08. The van der Waals surface area contributed by atoms with Crippen molar-refractivity contribution in [2.45, 2.75) is 90.8 Å². The molecule has 0 N–H and O–H groups in total. The summed E-state index contributed by atoms with van der Waals surface area (Å²) in [7, 11) is -2.33. The van der Waals surface area contributed by atoms with Gasteiger partial charge in [-0.05, 0) is 15.1 Å². The van der Waals surface area contributed by atoms with Gasteiger partial charge in [0.25, 0.3) is 14.3 Å². The van der Waals surface area contributed by atoms with E-state index in [9.17, 15) is 4.79 Å². The molecule has 0 saturated heterocycles. The van der Waals surface area contributed by atoms with Crippen LogP contribution in [0.25, 0.3) is 0 Å². The molecule has 2 nitrogen and oxygen atoms in total. The number of carbonyl (C=O) groups is 1. The molecule has 18 heavy (non-hydrogen) atoms. The SMILES string of the molecule is CCC(=O)O[Si](C(C)(C)C)(C(C)(C)C)C(C)(C)C. The number of rotatable bonds is 2. The molecule has 0 aromatic carbocycles. The molecule has 0 radical (unpaired) electrons. The third-order valence-corrected chi connectivity index (χ3v) is 10.6. The summed E-state index contributed by atoms with van der Waals surface area (Å²) in [6.07, 6.45) is 0.455. The summed E-state index contributed by atoms with van der Waals surface area (Å²) in [6, 6.07) is 0. The van der Waals surface area contributed by atoms with E-state index >= 15 is 0 Å². The molecule has 0 aliphatic heterocycles. The van der Waals surface area contributed by atoms with Gasteiger partial charge in [0.05, 0.1) is 0 Å². The lowest BCUT2D eigenvalue weighted by molar-refractivity contribution is -0.136. The van der Waals surface area contributed by atoms with Gasteiger partial charge < -0.3 is 4.43 Å². The predicted molar refractivity (Wildman–Crippen MR) is 81.3 cm³/mol. The highest BCUT2D eigenvalue weighted by Gasteiger charge is 2.64. The van der Waals surface area contributed by atoms with Gasteiger partial charge in [-0.15, -0.1) is 0 Å². The summed E-state index contributed by atoms with van der Waals surface area (Å²) in [4.78, 5) is 12.0. The third-order valence-electron chi connectivity index (χ3n) is 3.72. The van der Waals surface area contributed by atoms with Crippen molar-refractivity contribution in [3.63, 3.8) is 0 Å². The lowest BCUT2D eigenvalue weighted by Gasteiger charge is -2.56. The molecule has 0 aromatic rings. The summed E-state index contributed by atoms with van der Waals surface area (Å²) in [5.41, 5.74) is 0. The second-order valence-corrected chi connectivity index (χ2v) is 14.3. The van der Waals surface area contributed by atoms with Crippen LogP contribution in [-0.4, -0.2) is 14.3 Å². The Morgan fingerprint density at radius 3 is 1.28 bits per heavy atom. The van der Waals surface area contributed by atoms with Crippen molar-refractivity contribution < 1.29 is 9.22 Å². The number of hydrogen-bond donors (Lipinski definition) is 0. The van der Waals surface area contributed by atoms with Crippen molar-refractivity contribution in [1.29, 1.82) is 0 Å². The van der Waals surface area contributed by atoms with Crippen LogP contribution in [0.5, 0.6) is 0 Å². The second-order valence-electron chi connectivity index (χ2n) is 8.26. The molecular weight excluding hydrogens is 240 g/mol. The first-order chi connectivity index (χ1) is 7.70. The maximum Gasteiger partial charge on any atom is 0.292 e. The highest BCUT2D eigenvalue weighted by Crippen LogP contribution is 2.62. The van der Waals surface area contributed by atoms with Gasteiger partial charge in [-0.2, -0.15) is 0 Å². The van der Waals surface area contributed by atoms with E-state index in [0.717, 1.165) is 0 Å². The molecular formula is C15H32O2Si. The second kappa shape index (κ2) is 4.99. The molecule has 0 bridgehead atoms. The molecule has 0 amide bonds. The van der Waals surface area contributed by atoms with Crippen LogP contribution in [0, 0.1) is 0 Å². The van der Waals surface area contributed by atoms with E-state index < -0.39 is 8.32 Å². The molecule has 0 rings (SSSR count). The zero-order chi connectivity index (χ0) is 15.0. The van der Waals surface area contributed by atoms with E-state index in [0.29, 0.717) is 6.42 Å². The lowest BCUT2D eigenvalue weighted by atomic mass is 10.2. The van der Waals surface area contributed by atoms with Crippen molar-refractivity contribution in [2.75, 3.05) is 0 Å². The van der Waals surface area contributed by atoms with Gasteiger partial charge in [-0.1, -0.05) is 69.2 Å². The van der Waals surface area contributed by atoms with Gasteiger partial charge in [-0.25, -0.2) is 0 Å². The molecule has 0 fully saturated rings. The average Bonchev–Trinajstić information content (AvgIpc) is 2.07. The van der Waals surface area contributed by atoms with Gasteiger partial charge in [0.2, 0.25) is 0 Å². The van der Waals surface area contributed by atoms with Crippen LogP contribution in [0.3, 0.4) is 0 Å². The maximum atomic E-state index is 12.0. The van der Waals surface area contributed by atoms with Crippen LogP contribution in [0.4, 0.5) is 0 Å². The minimum Gasteiger partial charge on any atom is -0.517 e. The summed E-state index contributed by atoms with van der Waals surface area (Å²) < 4.78 is 6.18. The minimum atomic E-state index is -2.33. The van der Waals surface area contributed by atoms with E-state index in [1.54, 1.807) is 0 Å². The lowest BCUT2D eigenvalue weighted by Crippen LogP contribution is -2.61. The van der Waals surface area contributed by atoms with E-state index in [1.807, 2.05) is 6.92 Å². The Morgan fingerprint density at radius 2 is 1.11 bits per heavy atom. The maximum absolute atomic E-state index is 12.0. The molecule has 108 valence electrons. The van der Waals surface area contributed by atoms with Gasteiger partial charge in [0.15, 0.2) is 0 Å². The Kier molecular flexibility index (Phi) is 4.90. The molecule has 0 saturated carbocycles. The fraction of sp³-hybridized carbons (Fsp3) is 0.933. The Morgan fingerprint density at radius 1 is 0.833 bits per heavy atom.